The van der Waals surface area contributed by atoms with E-state index < -0.39 is 0 Å². The zero-order valence-electron chi connectivity index (χ0n) is 13.0. The van der Waals surface area contributed by atoms with Gasteiger partial charge in [-0.15, -0.1) is 0 Å². The molecule has 0 spiro atoms. The maximum atomic E-state index is 5.26. The number of hydrogen-bond acceptors (Lipinski definition) is 1. The average Bonchev–Trinajstić information content (AvgIpc) is 2.45. The minimum Gasteiger partial charge on any atom is -0.494 e. The minimum atomic E-state index is 0. The molecule has 123 valence electrons. The first-order chi connectivity index (χ1) is 9.22. The van der Waals surface area contributed by atoms with Gasteiger partial charge in [0.1, 0.15) is 5.75 Å². The van der Waals surface area contributed by atoms with Crippen molar-refractivity contribution in [2.24, 2.45) is 0 Å². The Hall–Kier alpha value is -0.656. The molecule has 2 rings (SSSR count). The molecule has 0 unspecified atom stereocenters. The predicted octanol–water partition coefficient (Wildman–Crippen LogP) is 6.30. The van der Waals surface area contributed by atoms with Crippen molar-refractivity contribution >= 4 is 0 Å². The van der Waals surface area contributed by atoms with Gasteiger partial charge < -0.3 is 11.7 Å². The number of ether oxygens (including phenoxy) is 1. The Balaban J connectivity index is -0.000000121. The fourth-order valence-electron chi connectivity index (χ4n) is 1.27. The van der Waals surface area contributed by atoms with Gasteiger partial charge in [0.05, 0.1) is 6.61 Å². The van der Waals surface area contributed by atoms with Crippen LogP contribution in [0.3, 0.4) is 0 Å². The van der Waals surface area contributed by atoms with E-state index in [0.29, 0.717) is 0 Å². The SMILES string of the molecule is C.C.CCOc1ccc(C)cc1.Cc1cc[c-]cc1.[CH2-]C.[Y]. The van der Waals surface area contributed by atoms with Crippen LogP contribution in [-0.2, 0) is 32.7 Å². The van der Waals surface area contributed by atoms with Gasteiger partial charge in [-0.3, -0.25) is 0 Å². The number of rotatable bonds is 2. The van der Waals surface area contributed by atoms with Gasteiger partial charge in [0.15, 0.2) is 0 Å². The van der Waals surface area contributed by atoms with Gasteiger partial charge in [-0.1, -0.05) is 39.5 Å². The van der Waals surface area contributed by atoms with Gasteiger partial charge in [-0.2, -0.15) is 42.8 Å². The van der Waals surface area contributed by atoms with Crippen molar-refractivity contribution in [3.63, 3.8) is 0 Å². The zero-order chi connectivity index (χ0) is 14.5. The van der Waals surface area contributed by atoms with Crippen LogP contribution in [0.25, 0.3) is 0 Å². The standard InChI is InChI=1S/C9H12O.C7H7.C2H5.2CH4.Y/c1-3-10-9-6-4-8(2)5-7-9;1-7-5-3-2-4-6-7;1-2;;;/h4-7H,3H2,1-2H3;3-6H,1H3;1H2,2H3;2*1H4;/q;2*-1;;;. The van der Waals surface area contributed by atoms with E-state index in [-0.39, 0.29) is 47.6 Å². The van der Waals surface area contributed by atoms with Crippen LogP contribution in [0.4, 0.5) is 0 Å². The molecule has 0 saturated carbocycles. The van der Waals surface area contributed by atoms with Crippen molar-refractivity contribution < 1.29 is 37.4 Å². The second-order valence-corrected chi connectivity index (χ2v) is 3.82. The summed E-state index contributed by atoms with van der Waals surface area (Å²) >= 11 is 0. The molecular formula is C20H32OY-2. The molecule has 0 aromatic heterocycles. The van der Waals surface area contributed by atoms with E-state index in [2.05, 4.69) is 26.8 Å². The molecule has 0 aliphatic heterocycles. The van der Waals surface area contributed by atoms with Crippen molar-refractivity contribution in [1.82, 2.24) is 0 Å². The summed E-state index contributed by atoms with van der Waals surface area (Å²) in [5.74, 6) is 0.952. The van der Waals surface area contributed by atoms with Crippen LogP contribution in [0.1, 0.15) is 39.8 Å². The molecule has 0 aliphatic rings. The Morgan fingerprint density at radius 3 is 1.59 bits per heavy atom. The van der Waals surface area contributed by atoms with E-state index in [4.69, 9.17) is 4.74 Å². The molecule has 0 amide bonds. The summed E-state index contributed by atoms with van der Waals surface area (Å²) in [6.45, 7) is 11.9. The second-order valence-electron chi connectivity index (χ2n) is 3.82. The van der Waals surface area contributed by atoms with Crippen LogP contribution in [0.15, 0.2) is 48.5 Å². The molecule has 0 atom stereocenters. The first-order valence-corrected chi connectivity index (χ1v) is 6.55. The second kappa shape index (κ2) is 20.3. The summed E-state index contributed by atoms with van der Waals surface area (Å²) in [6.07, 6.45) is 0. The molecule has 2 heteroatoms. The number of hydrogen-bond donors (Lipinski definition) is 0. The maximum absolute atomic E-state index is 5.26. The predicted molar refractivity (Wildman–Crippen MR) is 96.9 cm³/mol. The molecule has 0 saturated heterocycles. The third-order valence-electron chi connectivity index (χ3n) is 2.22. The van der Waals surface area contributed by atoms with Crippen molar-refractivity contribution in [3.05, 3.63) is 72.6 Å². The quantitative estimate of drug-likeness (QED) is 0.558. The first-order valence-electron chi connectivity index (χ1n) is 6.55. The van der Waals surface area contributed by atoms with E-state index >= 15 is 0 Å². The third kappa shape index (κ3) is 15.7. The molecule has 1 nitrogen and oxygen atoms in total. The Kier molecular flexibility index (Phi) is 27.2. The van der Waals surface area contributed by atoms with E-state index in [0.717, 1.165) is 12.4 Å². The molecule has 0 fully saturated rings. The summed E-state index contributed by atoms with van der Waals surface area (Å²) in [5.41, 5.74) is 2.56. The minimum absolute atomic E-state index is 0. The van der Waals surface area contributed by atoms with E-state index in [1.54, 1.807) is 6.92 Å². The summed E-state index contributed by atoms with van der Waals surface area (Å²) in [6, 6.07) is 18.9. The Morgan fingerprint density at radius 1 is 0.864 bits per heavy atom. The Morgan fingerprint density at radius 2 is 1.27 bits per heavy atom. The summed E-state index contributed by atoms with van der Waals surface area (Å²) in [7, 11) is 0. The van der Waals surface area contributed by atoms with Crippen molar-refractivity contribution in [1.29, 1.82) is 0 Å². The van der Waals surface area contributed by atoms with Crippen molar-refractivity contribution in [3.8, 4) is 5.75 Å². The van der Waals surface area contributed by atoms with Gasteiger partial charge >= 0.3 is 0 Å². The van der Waals surface area contributed by atoms with E-state index in [1.807, 2.05) is 55.5 Å². The maximum Gasteiger partial charge on any atom is 0.119 e. The van der Waals surface area contributed by atoms with Crippen molar-refractivity contribution in [2.75, 3.05) is 6.61 Å². The molecule has 0 heterocycles. The molecule has 22 heavy (non-hydrogen) atoms. The monoisotopic (exact) mass is 377 g/mol. The third-order valence-corrected chi connectivity index (χ3v) is 2.22. The summed E-state index contributed by atoms with van der Waals surface area (Å²) in [5, 5.41) is 0. The van der Waals surface area contributed by atoms with E-state index in [1.165, 1.54) is 11.1 Å². The van der Waals surface area contributed by atoms with Gasteiger partial charge in [-0.05, 0) is 26.0 Å². The fraction of sp³-hybridized carbons (Fsp3) is 0.350. The molecular weight excluding hydrogens is 345 g/mol. The van der Waals surface area contributed by atoms with Gasteiger partial charge in [0, 0.05) is 32.7 Å². The van der Waals surface area contributed by atoms with E-state index in [9.17, 15) is 0 Å². The number of benzene rings is 2. The molecule has 2 aromatic rings. The van der Waals surface area contributed by atoms with Crippen LogP contribution in [-0.4, -0.2) is 6.61 Å². The van der Waals surface area contributed by atoms with Gasteiger partial charge in [0.25, 0.3) is 0 Å². The molecule has 0 aliphatic carbocycles. The van der Waals surface area contributed by atoms with Crippen LogP contribution in [0.5, 0.6) is 5.75 Å². The first kappa shape index (κ1) is 29.4. The Bertz CT molecular complexity index is 409. The average molecular weight is 377 g/mol. The number of aryl methyl sites for hydroxylation is 2. The van der Waals surface area contributed by atoms with Crippen molar-refractivity contribution in [2.45, 2.75) is 42.5 Å². The largest absolute Gasteiger partial charge is 0.494 e. The topological polar surface area (TPSA) is 9.23 Å². The van der Waals surface area contributed by atoms with Crippen LogP contribution < -0.4 is 4.74 Å². The smallest absolute Gasteiger partial charge is 0.119 e. The molecule has 0 N–H and O–H groups in total. The normalized spacial score (nSPS) is 7.32. The van der Waals surface area contributed by atoms with Gasteiger partial charge in [-0.25, -0.2) is 0 Å². The molecule has 1 radical (unpaired) electrons. The van der Waals surface area contributed by atoms with Crippen LogP contribution >= 0.6 is 0 Å². The van der Waals surface area contributed by atoms with Crippen LogP contribution in [0.2, 0.25) is 0 Å². The summed E-state index contributed by atoms with van der Waals surface area (Å²) < 4.78 is 5.26. The molecule has 0 bridgehead atoms. The molecule has 2 aromatic carbocycles. The van der Waals surface area contributed by atoms with Gasteiger partial charge in [0.2, 0.25) is 0 Å². The zero-order valence-corrected chi connectivity index (χ0v) is 15.9. The van der Waals surface area contributed by atoms with Crippen LogP contribution in [0, 0.1) is 26.8 Å². The summed E-state index contributed by atoms with van der Waals surface area (Å²) in [4.78, 5) is 0. The Labute approximate surface area is 164 Å². The fourth-order valence-corrected chi connectivity index (χ4v) is 1.27.